The molecule has 0 saturated heterocycles. The molecule has 0 bridgehead atoms. The van der Waals surface area contributed by atoms with Crippen molar-refractivity contribution in [3.05, 3.63) is 0 Å². The van der Waals surface area contributed by atoms with Crippen LogP contribution in [0.25, 0.3) is 0 Å². The van der Waals surface area contributed by atoms with Crippen LogP contribution in [0.5, 0.6) is 0 Å². The van der Waals surface area contributed by atoms with Crippen molar-refractivity contribution in [3.8, 4) is 0 Å². The van der Waals surface area contributed by atoms with E-state index in [-0.39, 0.29) is 12.1 Å². The summed E-state index contributed by atoms with van der Waals surface area (Å²) in [6.45, 7) is 5.85. The van der Waals surface area contributed by atoms with Crippen LogP contribution in [0.2, 0.25) is 0 Å². The Morgan fingerprint density at radius 3 is 2.54 bits per heavy atom. The smallest absolute Gasteiger partial charge is 0.0611 e. The molecule has 0 saturated carbocycles. The van der Waals surface area contributed by atoms with E-state index < -0.39 is 0 Å². The molecule has 0 aromatic heterocycles. The van der Waals surface area contributed by atoms with Gasteiger partial charge in [0.05, 0.1) is 6.61 Å². The Bertz CT molecular complexity index is 113. The lowest BCUT2D eigenvalue weighted by Crippen LogP contribution is -2.44. The van der Waals surface area contributed by atoms with Gasteiger partial charge in [-0.3, -0.25) is 0 Å². The summed E-state index contributed by atoms with van der Waals surface area (Å²) in [5.41, 5.74) is -0.188. The van der Waals surface area contributed by atoms with Gasteiger partial charge in [0.25, 0.3) is 0 Å². The van der Waals surface area contributed by atoms with Crippen LogP contribution in [0.1, 0.15) is 33.1 Å². The van der Waals surface area contributed by atoms with Gasteiger partial charge < -0.3 is 15.2 Å². The summed E-state index contributed by atoms with van der Waals surface area (Å²) < 4.78 is 5.42. The minimum atomic E-state index is -0.188. The van der Waals surface area contributed by atoms with Crippen LogP contribution in [0.4, 0.5) is 0 Å². The molecule has 13 heavy (non-hydrogen) atoms. The Morgan fingerprint density at radius 2 is 2.08 bits per heavy atom. The van der Waals surface area contributed by atoms with E-state index in [1.165, 1.54) is 6.42 Å². The first-order valence-electron chi connectivity index (χ1n) is 5.06. The lowest BCUT2D eigenvalue weighted by Gasteiger charge is -2.26. The molecule has 0 fully saturated rings. The van der Waals surface area contributed by atoms with Gasteiger partial charge in [0.15, 0.2) is 0 Å². The molecule has 0 aromatic carbocycles. The Kier molecular flexibility index (Phi) is 7.23. The second-order valence-electron chi connectivity index (χ2n) is 3.68. The van der Waals surface area contributed by atoms with E-state index in [4.69, 9.17) is 9.84 Å². The first-order chi connectivity index (χ1) is 6.18. The van der Waals surface area contributed by atoms with Crippen LogP contribution in [0.15, 0.2) is 0 Å². The second-order valence-corrected chi connectivity index (χ2v) is 3.68. The summed E-state index contributed by atoms with van der Waals surface area (Å²) in [5.74, 6) is 0. The van der Waals surface area contributed by atoms with E-state index in [1.54, 1.807) is 0 Å². The fraction of sp³-hybridized carbons (Fsp3) is 1.00. The highest BCUT2D eigenvalue weighted by atomic mass is 16.5. The van der Waals surface area contributed by atoms with E-state index in [9.17, 15) is 0 Å². The van der Waals surface area contributed by atoms with E-state index >= 15 is 0 Å². The van der Waals surface area contributed by atoms with E-state index in [1.807, 2.05) is 14.0 Å². The average molecular weight is 189 g/mol. The Morgan fingerprint density at radius 1 is 1.38 bits per heavy atom. The molecular formula is C10H23NO2. The van der Waals surface area contributed by atoms with Gasteiger partial charge in [0.1, 0.15) is 0 Å². The summed E-state index contributed by atoms with van der Waals surface area (Å²) in [6, 6.07) is 0. The molecule has 0 aliphatic rings. The highest BCUT2D eigenvalue weighted by molar-refractivity contribution is 4.79. The SMILES string of the molecule is CCCCOCCC(C)(CO)NC. The third-order valence-corrected chi connectivity index (χ3v) is 2.39. The number of hydrogen-bond donors (Lipinski definition) is 2. The Hall–Kier alpha value is -0.120. The molecule has 0 aliphatic carbocycles. The maximum absolute atomic E-state index is 9.07. The molecule has 80 valence electrons. The summed E-state index contributed by atoms with van der Waals surface area (Å²) in [7, 11) is 1.86. The predicted molar refractivity (Wildman–Crippen MR) is 54.9 cm³/mol. The average Bonchev–Trinajstić information content (AvgIpc) is 2.17. The fourth-order valence-electron chi connectivity index (χ4n) is 0.929. The molecular weight excluding hydrogens is 166 g/mol. The van der Waals surface area contributed by atoms with E-state index in [0.29, 0.717) is 0 Å². The highest BCUT2D eigenvalue weighted by Gasteiger charge is 2.19. The Labute approximate surface area is 81.5 Å². The quantitative estimate of drug-likeness (QED) is 0.563. The van der Waals surface area contributed by atoms with Crippen LogP contribution in [0, 0.1) is 0 Å². The van der Waals surface area contributed by atoms with Gasteiger partial charge in [-0.15, -0.1) is 0 Å². The van der Waals surface area contributed by atoms with E-state index in [2.05, 4.69) is 12.2 Å². The minimum absolute atomic E-state index is 0.153. The number of aliphatic hydroxyl groups is 1. The molecule has 3 heteroatoms. The van der Waals surface area contributed by atoms with Crippen molar-refractivity contribution in [2.24, 2.45) is 0 Å². The molecule has 0 rings (SSSR count). The number of aliphatic hydroxyl groups excluding tert-OH is 1. The topological polar surface area (TPSA) is 41.5 Å². The van der Waals surface area contributed by atoms with Crippen LogP contribution >= 0.6 is 0 Å². The monoisotopic (exact) mass is 189 g/mol. The summed E-state index contributed by atoms with van der Waals surface area (Å²) in [5, 5.41) is 12.2. The van der Waals surface area contributed by atoms with Crippen LogP contribution in [-0.2, 0) is 4.74 Å². The molecule has 0 aliphatic heterocycles. The Balaban J connectivity index is 3.39. The zero-order valence-corrected chi connectivity index (χ0v) is 9.10. The molecule has 0 radical (unpaired) electrons. The van der Waals surface area contributed by atoms with Crippen molar-refractivity contribution in [3.63, 3.8) is 0 Å². The van der Waals surface area contributed by atoms with E-state index in [0.717, 1.165) is 26.1 Å². The fourth-order valence-corrected chi connectivity index (χ4v) is 0.929. The minimum Gasteiger partial charge on any atom is -0.394 e. The summed E-state index contributed by atoms with van der Waals surface area (Å²) in [6.07, 6.45) is 3.14. The summed E-state index contributed by atoms with van der Waals surface area (Å²) >= 11 is 0. The van der Waals surface area contributed by atoms with Gasteiger partial charge in [-0.05, 0) is 26.8 Å². The van der Waals surface area contributed by atoms with Crippen molar-refractivity contribution in [1.82, 2.24) is 5.32 Å². The molecule has 0 heterocycles. The number of hydrogen-bond acceptors (Lipinski definition) is 3. The van der Waals surface area contributed by atoms with Crippen molar-refractivity contribution >= 4 is 0 Å². The molecule has 0 aromatic rings. The second kappa shape index (κ2) is 7.30. The van der Waals surface area contributed by atoms with Crippen LogP contribution in [0.3, 0.4) is 0 Å². The van der Waals surface area contributed by atoms with Gasteiger partial charge >= 0.3 is 0 Å². The molecule has 1 atom stereocenters. The highest BCUT2D eigenvalue weighted by Crippen LogP contribution is 2.07. The van der Waals surface area contributed by atoms with Crippen LogP contribution in [-0.4, -0.2) is 37.5 Å². The predicted octanol–water partition coefficient (Wildman–Crippen LogP) is 1.16. The van der Waals surface area contributed by atoms with Crippen molar-refractivity contribution < 1.29 is 9.84 Å². The number of ether oxygens (including phenoxy) is 1. The third kappa shape index (κ3) is 6.02. The van der Waals surface area contributed by atoms with Crippen LogP contribution < -0.4 is 5.32 Å². The maximum atomic E-state index is 9.07. The zero-order valence-electron chi connectivity index (χ0n) is 9.10. The first-order valence-corrected chi connectivity index (χ1v) is 5.06. The zero-order chi connectivity index (χ0) is 10.2. The van der Waals surface area contributed by atoms with Crippen molar-refractivity contribution in [1.29, 1.82) is 0 Å². The number of nitrogens with one attached hydrogen (secondary N) is 1. The standard InChI is InChI=1S/C10H23NO2/c1-4-5-7-13-8-6-10(2,9-12)11-3/h11-12H,4-9H2,1-3H3. The lowest BCUT2D eigenvalue weighted by molar-refractivity contribution is 0.0883. The maximum Gasteiger partial charge on any atom is 0.0611 e. The van der Waals surface area contributed by atoms with Gasteiger partial charge in [-0.1, -0.05) is 13.3 Å². The van der Waals surface area contributed by atoms with Gasteiger partial charge in [-0.25, -0.2) is 0 Å². The van der Waals surface area contributed by atoms with Gasteiger partial charge in [0, 0.05) is 18.8 Å². The van der Waals surface area contributed by atoms with Gasteiger partial charge in [-0.2, -0.15) is 0 Å². The molecule has 3 nitrogen and oxygen atoms in total. The summed E-state index contributed by atoms with van der Waals surface area (Å²) in [4.78, 5) is 0. The molecule has 2 N–H and O–H groups in total. The van der Waals surface area contributed by atoms with Crippen molar-refractivity contribution in [2.45, 2.75) is 38.6 Å². The van der Waals surface area contributed by atoms with Gasteiger partial charge in [0.2, 0.25) is 0 Å². The lowest BCUT2D eigenvalue weighted by atomic mass is 10.0. The third-order valence-electron chi connectivity index (χ3n) is 2.39. The van der Waals surface area contributed by atoms with Crippen molar-refractivity contribution in [2.75, 3.05) is 26.9 Å². The largest absolute Gasteiger partial charge is 0.394 e. The molecule has 1 unspecified atom stereocenters. The number of unbranched alkanes of at least 4 members (excludes halogenated alkanes) is 1. The number of likely N-dealkylation sites (N-methyl/N-ethyl adjacent to an activating group) is 1. The first kappa shape index (κ1) is 12.9. The number of rotatable bonds is 8. The molecule has 0 amide bonds. The normalized spacial score (nSPS) is 15.7. The molecule has 0 spiro atoms.